The lowest BCUT2D eigenvalue weighted by molar-refractivity contribution is 0.177. The third-order valence-corrected chi connectivity index (χ3v) is 4.36. The first-order chi connectivity index (χ1) is 9.49. The summed E-state index contributed by atoms with van der Waals surface area (Å²) in [7, 11) is -2.88. The third kappa shape index (κ3) is 4.24. The lowest BCUT2D eigenvalue weighted by Crippen LogP contribution is -2.47. The summed E-state index contributed by atoms with van der Waals surface area (Å²) in [6.45, 7) is 2.84. The molecule has 2 rings (SSSR count). The SMILES string of the molecule is COCc1ccc(CN2CCN(S(=O)(=O)F)CC2)cc1. The highest BCUT2D eigenvalue weighted by Crippen LogP contribution is 2.13. The van der Waals surface area contributed by atoms with Crippen LogP contribution in [0, 0.1) is 0 Å². The average molecular weight is 302 g/mol. The van der Waals surface area contributed by atoms with Gasteiger partial charge in [-0.3, -0.25) is 4.90 Å². The molecule has 112 valence electrons. The lowest BCUT2D eigenvalue weighted by Gasteiger charge is -2.31. The second-order valence-corrected chi connectivity index (χ2v) is 6.21. The summed E-state index contributed by atoms with van der Waals surface area (Å²) in [4.78, 5) is 2.12. The molecular formula is C13H19FN2O3S. The molecule has 0 atom stereocenters. The van der Waals surface area contributed by atoms with Crippen molar-refractivity contribution in [1.82, 2.24) is 9.21 Å². The number of ether oxygens (including phenoxy) is 1. The number of nitrogens with zero attached hydrogens (tertiary/aromatic N) is 2. The first-order valence-corrected chi connectivity index (χ1v) is 7.82. The number of hydrogen-bond acceptors (Lipinski definition) is 4. The molecule has 1 heterocycles. The summed E-state index contributed by atoms with van der Waals surface area (Å²) in [5, 5.41) is 0. The van der Waals surface area contributed by atoms with Crippen LogP contribution in [0.1, 0.15) is 11.1 Å². The predicted molar refractivity (Wildman–Crippen MR) is 74.0 cm³/mol. The van der Waals surface area contributed by atoms with Gasteiger partial charge in [0.15, 0.2) is 0 Å². The van der Waals surface area contributed by atoms with Crippen molar-refractivity contribution in [3.8, 4) is 0 Å². The summed E-state index contributed by atoms with van der Waals surface area (Å²) < 4.78 is 40.3. The number of benzene rings is 1. The maximum Gasteiger partial charge on any atom is 0.374 e. The molecule has 5 nitrogen and oxygen atoms in total. The van der Waals surface area contributed by atoms with Crippen LogP contribution in [0.15, 0.2) is 24.3 Å². The van der Waals surface area contributed by atoms with Crippen LogP contribution in [0.2, 0.25) is 0 Å². The van der Waals surface area contributed by atoms with Gasteiger partial charge in [0.05, 0.1) is 6.61 Å². The Morgan fingerprint density at radius 1 is 1.10 bits per heavy atom. The number of methoxy groups -OCH3 is 1. The second-order valence-electron chi connectivity index (χ2n) is 4.87. The molecule has 1 aliphatic rings. The molecule has 0 amide bonds. The van der Waals surface area contributed by atoms with Crippen LogP contribution < -0.4 is 0 Å². The van der Waals surface area contributed by atoms with Crippen molar-refractivity contribution in [1.29, 1.82) is 0 Å². The molecular weight excluding hydrogens is 283 g/mol. The van der Waals surface area contributed by atoms with Crippen LogP contribution >= 0.6 is 0 Å². The van der Waals surface area contributed by atoms with E-state index in [1.807, 2.05) is 24.3 Å². The lowest BCUT2D eigenvalue weighted by atomic mass is 10.1. The van der Waals surface area contributed by atoms with Gasteiger partial charge in [0.2, 0.25) is 0 Å². The van der Waals surface area contributed by atoms with Gasteiger partial charge < -0.3 is 4.74 Å². The number of rotatable bonds is 5. The van der Waals surface area contributed by atoms with Gasteiger partial charge in [-0.25, -0.2) is 0 Å². The zero-order valence-electron chi connectivity index (χ0n) is 11.5. The second kappa shape index (κ2) is 6.62. The minimum absolute atomic E-state index is 0.209. The van der Waals surface area contributed by atoms with E-state index in [-0.39, 0.29) is 13.1 Å². The van der Waals surface area contributed by atoms with Gasteiger partial charge in [-0.1, -0.05) is 28.2 Å². The summed E-state index contributed by atoms with van der Waals surface area (Å²) in [5.74, 6) is 0. The maximum atomic E-state index is 12.8. The Kier molecular flexibility index (Phi) is 5.09. The molecule has 0 radical (unpaired) electrons. The molecule has 0 unspecified atom stereocenters. The van der Waals surface area contributed by atoms with Crippen LogP contribution in [0.3, 0.4) is 0 Å². The Bertz CT molecular complexity index is 525. The van der Waals surface area contributed by atoms with Crippen molar-refractivity contribution in [3.63, 3.8) is 0 Å². The average Bonchev–Trinajstić information content (AvgIpc) is 2.41. The minimum Gasteiger partial charge on any atom is -0.380 e. The number of halogens is 1. The van der Waals surface area contributed by atoms with Gasteiger partial charge >= 0.3 is 10.4 Å². The van der Waals surface area contributed by atoms with Crippen LogP contribution in [0.25, 0.3) is 0 Å². The molecule has 1 aliphatic heterocycles. The topological polar surface area (TPSA) is 49.9 Å². The fourth-order valence-electron chi connectivity index (χ4n) is 2.27. The Balaban J connectivity index is 1.86. The van der Waals surface area contributed by atoms with E-state index >= 15 is 0 Å². The van der Waals surface area contributed by atoms with Gasteiger partial charge in [-0.2, -0.15) is 12.7 Å². The highest BCUT2D eigenvalue weighted by molar-refractivity contribution is 7.83. The Labute approximate surface area is 119 Å². The van der Waals surface area contributed by atoms with Crippen molar-refractivity contribution in [2.75, 3.05) is 33.3 Å². The third-order valence-electron chi connectivity index (χ3n) is 3.38. The van der Waals surface area contributed by atoms with Crippen LogP contribution in [0.5, 0.6) is 0 Å². The largest absolute Gasteiger partial charge is 0.380 e. The fourth-order valence-corrected chi connectivity index (χ4v) is 2.87. The molecule has 0 bridgehead atoms. The molecule has 20 heavy (non-hydrogen) atoms. The molecule has 1 saturated heterocycles. The zero-order chi connectivity index (χ0) is 14.6. The zero-order valence-corrected chi connectivity index (χ0v) is 12.3. The van der Waals surface area contributed by atoms with E-state index in [4.69, 9.17) is 4.74 Å². The van der Waals surface area contributed by atoms with E-state index in [9.17, 15) is 12.3 Å². The monoisotopic (exact) mass is 302 g/mol. The van der Waals surface area contributed by atoms with Gasteiger partial charge in [-0.15, -0.1) is 0 Å². The molecule has 0 saturated carbocycles. The molecule has 1 aromatic carbocycles. The number of piperazine rings is 1. The van der Waals surface area contributed by atoms with Crippen LogP contribution in [0.4, 0.5) is 3.89 Å². The van der Waals surface area contributed by atoms with E-state index in [0.717, 1.165) is 22.0 Å². The summed E-state index contributed by atoms with van der Waals surface area (Å²) in [5.41, 5.74) is 2.27. The molecule has 0 aromatic heterocycles. The van der Waals surface area contributed by atoms with Gasteiger partial charge in [0.25, 0.3) is 0 Å². The molecule has 0 N–H and O–H groups in total. The van der Waals surface area contributed by atoms with E-state index in [1.54, 1.807) is 7.11 Å². The molecule has 0 aliphatic carbocycles. The predicted octanol–water partition coefficient (Wildman–Crippen LogP) is 1.16. The van der Waals surface area contributed by atoms with E-state index in [1.165, 1.54) is 0 Å². The van der Waals surface area contributed by atoms with Crippen molar-refractivity contribution in [2.24, 2.45) is 0 Å². The van der Waals surface area contributed by atoms with Gasteiger partial charge in [0.1, 0.15) is 0 Å². The standard InChI is InChI=1S/C13H19FN2O3S/c1-19-11-13-4-2-12(3-5-13)10-15-6-8-16(9-7-15)20(14,17)18/h2-5H,6-11H2,1H3. The Morgan fingerprint density at radius 3 is 2.15 bits per heavy atom. The molecule has 1 fully saturated rings. The first-order valence-electron chi connectivity index (χ1n) is 6.48. The van der Waals surface area contributed by atoms with Gasteiger partial charge in [0, 0.05) is 39.8 Å². The highest BCUT2D eigenvalue weighted by atomic mass is 32.3. The smallest absolute Gasteiger partial charge is 0.374 e. The summed E-state index contributed by atoms with van der Waals surface area (Å²) in [6.07, 6.45) is 0. The first kappa shape index (κ1) is 15.4. The fraction of sp³-hybridized carbons (Fsp3) is 0.538. The molecule has 7 heteroatoms. The van der Waals surface area contributed by atoms with Crippen LogP contribution in [-0.4, -0.2) is 50.9 Å². The normalized spacial score (nSPS) is 18.3. The van der Waals surface area contributed by atoms with E-state index in [0.29, 0.717) is 19.7 Å². The highest BCUT2D eigenvalue weighted by Gasteiger charge is 2.26. The Hall–Kier alpha value is -1.02. The van der Waals surface area contributed by atoms with E-state index in [2.05, 4.69) is 4.90 Å². The van der Waals surface area contributed by atoms with E-state index < -0.39 is 10.4 Å². The summed E-state index contributed by atoms with van der Waals surface area (Å²) >= 11 is 0. The summed E-state index contributed by atoms with van der Waals surface area (Å²) in [6, 6.07) is 8.10. The van der Waals surface area contributed by atoms with Crippen LogP contribution in [-0.2, 0) is 28.3 Å². The minimum atomic E-state index is -4.54. The quantitative estimate of drug-likeness (QED) is 0.766. The van der Waals surface area contributed by atoms with Crippen molar-refractivity contribution < 1.29 is 17.0 Å². The van der Waals surface area contributed by atoms with Crippen molar-refractivity contribution in [2.45, 2.75) is 13.2 Å². The maximum absolute atomic E-state index is 12.8. The van der Waals surface area contributed by atoms with Crippen molar-refractivity contribution in [3.05, 3.63) is 35.4 Å². The number of hydrogen-bond donors (Lipinski definition) is 0. The molecule has 1 aromatic rings. The Morgan fingerprint density at radius 2 is 1.65 bits per heavy atom. The van der Waals surface area contributed by atoms with Gasteiger partial charge in [-0.05, 0) is 11.1 Å². The van der Waals surface area contributed by atoms with Crippen molar-refractivity contribution >= 4 is 10.4 Å². The molecule has 0 spiro atoms.